The van der Waals surface area contributed by atoms with Gasteiger partial charge in [-0.05, 0) is 30.7 Å². The van der Waals surface area contributed by atoms with Crippen molar-refractivity contribution < 1.29 is 19.4 Å². The molecule has 1 saturated heterocycles. The molecule has 0 bridgehead atoms. The number of aromatic hydroxyl groups is 1. The SMILES string of the molecule is O=C(COc1cccc(N2CCCC2=O)c1)Nc1ncccc1O. The van der Waals surface area contributed by atoms with Gasteiger partial charge in [0.2, 0.25) is 5.91 Å². The fourth-order valence-electron chi connectivity index (χ4n) is 2.47. The molecule has 2 aromatic rings. The van der Waals surface area contributed by atoms with Crippen molar-refractivity contribution in [3.63, 3.8) is 0 Å². The number of rotatable bonds is 5. The predicted molar refractivity (Wildman–Crippen MR) is 88.1 cm³/mol. The molecule has 0 spiro atoms. The van der Waals surface area contributed by atoms with E-state index in [9.17, 15) is 14.7 Å². The normalized spacial score (nSPS) is 13.8. The van der Waals surface area contributed by atoms with Gasteiger partial charge in [0.25, 0.3) is 5.91 Å². The zero-order chi connectivity index (χ0) is 16.9. The number of anilines is 2. The smallest absolute Gasteiger partial charge is 0.263 e. The van der Waals surface area contributed by atoms with Crippen molar-refractivity contribution in [2.24, 2.45) is 0 Å². The maximum atomic E-state index is 11.9. The third-order valence-corrected chi connectivity index (χ3v) is 3.62. The second-order valence-electron chi connectivity index (χ2n) is 5.35. The van der Waals surface area contributed by atoms with Crippen LogP contribution in [0.1, 0.15) is 12.8 Å². The summed E-state index contributed by atoms with van der Waals surface area (Å²) in [5.41, 5.74) is 0.762. The molecule has 0 saturated carbocycles. The zero-order valence-electron chi connectivity index (χ0n) is 12.9. The molecule has 3 rings (SSSR count). The van der Waals surface area contributed by atoms with E-state index in [0.29, 0.717) is 18.7 Å². The lowest BCUT2D eigenvalue weighted by molar-refractivity contribution is -0.118. The fourth-order valence-corrected chi connectivity index (χ4v) is 2.47. The van der Waals surface area contributed by atoms with Crippen LogP contribution >= 0.6 is 0 Å². The summed E-state index contributed by atoms with van der Waals surface area (Å²) in [5, 5.41) is 12.0. The van der Waals surface area contributed by atoms with Crippen molar-refractivity contribution in [3.05, 3.63) is 42.6 Å². The van der Waals surface area contributed by atoms with Crippen molar-refractivity contribution in [3.8, 4) is 11.5 Å². The molecule has 2 amide bonds. The van der Waals surface area contributed by atoms with E-state index in [4.69, 9.17) is 4.74 Å². The molecule has 7 heteroatoms. The number of carbonyl (C=O) groups excluding carboxylic acids is 2. The minimum absolute atomic E-state index is 0.0857. The Morgan fingerprint density at radius 3 is 2.96 bits per heavy atom. The predicted octanol–water partition coefficient (Wildman–Crippen LogP) is 1.93. The van der Waals surface area contributed by atoms with Crippen LogP contribution in [0.2, 0.25) is 0 Å². The average molecular weight is 327 g/mol. The van der Waals surface area contributed by atoms with Crippen molar-refractivity contribution in [1.82, 2.24) is 4.98 Å². The molecule has 0 aliphatic carbocycles. The maximum absolute atomic E-state index is 11.9. The van der Waals surface area contributed by atoms with E-state index >= 15 is 0 Å². The van der Waals surface area contributed by atoms with Gasteiger partial charge in [-0.3, -0.25) is 9.59 Å². The van der Waals surface area contributed by atoms with Gasteiger partial charge >= 0.3 is 0 Å². The minimum atomic E-state index is -0.438. The Hall–Kier alpha value is -3.09. The van der Waals surface area contributed by atoms with Gasteiger partial charge in [-0.15, -0.1) is 0 Å². The molecule has 0 atom stereocenters. The summed E-state index contributed by atoms with van der Waals surface area (Å²) in [5.74, 6) is 0.123. The van der Waals surface area contributed by atoms with E-state index in [-0.39, 0.29) is 24.1 Å². The molecule has 1 fully saturated rings. The monoisotopic (exact) mass is 327 g/mol. The van der Waals surface area contributed by atoms with Gasteiger partial charge in [0.1, 0.15) is 5.75 Å². The van der Waals surface area contributed by atoms with Crippen LogP contribution in [-0.4, -0.2) is 35.1 Å². The Bertz CT molecular complexity index is 763. The first-order valence-electron chi connectivity index (χ1n) is 7.60. The number of carbonyl (C=O) groups is 2. The molecule has 1 aromatic carbocycles. The molecular weight excluding hydrogens is 310 g/mol. The number of hydrogen-bond acceptors (Lipinski definition) is 5. The summed E-state index contributed by atoms with van der Waals surface area (Å²) >= 11 is 0. The van der Waals surface area contributed by atoms with E-state index in [0.717, 1.165) is 12.1 Å². The van der Waals surface area contributed by atoms with E-state index in [1.807, 2.05) is 6.07 Å². The highest BCUT2D eigenvalue weighted by atomic mass is 16.5. The number of hydrogen-bond donors (Lipinski definition) is 2. The van der Waals surface area contributed by atoms with Gasteiger partial charge in [-0.2, -0.15) is 0 Å². The van der Waals surface area contributed by atoms with Crippen LogP contribution in [-0.2, 0) is 9.59 Å². The number of nitrogens with one attached hydrogen (secondary N) is 1. The lowest BCUT2D eigenvalue weighted by Crippen LogP contribution is -2.24. The highest BCUT2D eigenvalue weighted by Gasteiger charge is 2.21. The first-order chi connectivity index (χ1) is 11.6. The molecule has 7 nitrogen and oxygen atoms in total. The average Bonchev–Trinajstić information content (AvgIpc) is 3.01. The fraction of sp³-hybridized carbons (Fsp3) is 0.235. The van der Waals surface area contributed by atoms with E-state index in [2.05, 4.69) is 10.3 Å². The van der Waals surface area contributed by atoms with E-state index in [1.165, 1.54) is 12.3 Å². The van der Waals surface area contributed by atoms with E-state index < -0.39 is 5.91 Å². The Morgan fingerprint density at radius 1 is 1.33 bits per heavy atom. The quantitative estimate of drug-likeness (QED) is 0.875. The molecule has 1 aliphatic rings. The van der Waals surface area contributed by atoms with Crippen molar-refractivity contribution in [2.75, 3.05) is 23.4 Å². The van der Waals surface area contributed by atoms with Gasteiger partial charge in [0.15, 0.2) is 18.2 Å². The first-order valence-corrected chi connectivity index (χ1v) is 7.60. The Kier molecular flexibility index (Phi) is 4.60. The molecule has 0 unspecified atom stereocenters. The van der Waals surface area contributed by atoms with E-state index in [1.54, 1.807) is 29.2 Å². The summed E-state index contributed by atoms with van der Waals surface area (Å²) in [6, 6.07) is 10.1. The number of nitrogens with zero attached hydrogens (tertiary/aromatic N) is 2. The van der Waals surface area contributed by atoms with Gasteiger partial charge < -0.3 is 20.1 Å². The summed E-state index contributed by atoms with van der Waals surface area (Å²) < 4.78 is 5.46. The molecule has 2 N–H and O–H groups in total. The van der Waals surface area contributed by atoms with Gasteiger partial charge in [-0.25, -0.2) is 4.98 Å². The molecule has 1 aliphatic heterocycles. The van der Waals surface area contributed by atoms with Crippen molar-refractivity contribution in [2.45, 2.75) is 12.8 Å². The molecule has 1 aromatic heterocycles. The second-order valence-corrected chi connectivity index (χ2v) is 5.35. The largest absolute Gasteiger partial charge is 0.504 e. The highest BCUT2D eigenvalue weighted by Crippen LogP contribution is 2.25. The molecule has 2 heterocycles. The van der Waals surface area contributed by atoms with Crippen LogP contribution in [0.25, 0.3) is 0 Å². The third kappa shape index (κ3) is 3.62. The van der Waals surface area contributed by atoms with Gasteiger partial charge in [-0.1, -0.05) is 6.07 Å². The molecule has 24 heavy (non-hydrogen) atoms. The maximum Gasteiger partial charge on any atom is 0.263 e. The number of benzene rings is 1. The van der Waals surface area contributed by atoms with Crippen LogP contribution in [0.3, 0.4) is 0 Å². The minimum Gasteiger partial charge on any atom is -0.504 e. The van der Waals surface area contributed by atoms with Crippen LogP contribution in [0.15, 0.2) is 42.6 Å². The van der Waals surface area contributed by atoms with Crippen LogP contribution < -0.4 is 15.0 Å². The number of amides is 2. The number of pyridine rings is 1. The Labute approximate surface area is 138 Å². The lowest BCUT2D eigenvalue weighted by Gasteiger charge is -2.16. The zero-order valence-corrected chi connectivity index (χ0v) is 12.9. The van der Waals surface area contributed by atoms with Crippen molar-refractivity contribution in [1.29, 1.82) is 0 Å². The number of aromatic nitrogens is 1. The summed E-state index contributed by atoms with van der Waals surface area (Å²) in [6.45, 7) is 0.467. The summed E-state index contributed by atoms with van der Waals surface area (Å²) in [7, 11) is 0. The summed E-state index contributed by atoms with van der Waals surface area (Å²) in [6.07, 6.45) is 2.87. The highest BCUT2D eigenvalue weighted by molar-refractivity contribution is 5.95. The lowest BCUT2D eigenvalue weighted by atomic mass is 10.3. The van der Waals surface area contributed by atoms with Gasteiger partial charge in [0.05, 0.1) is 0 Å². The standard InChI is InChI=1S/C17H17N3O4/c21-14-6-2-8-18-17(14)19-15(22)11-24-13-5-1-4-12(10-13)20-9-3-7-16(20)23/h1-2,4-6,8,10,21H,3,7,9,11H2,(H,18,19,22). The first kappa shape index (κ1) is 15.8. The van der Waals surface area contributed by atoms with Crippen LogP contribution in [0.4, 0.5) is 11.5 Å². The number of ether oxygens (including phenoxy) is 1. The third-order valence-electron chi connectivity index (χ3n) is 3.62. The molecular formula is C17H17N3O4. The van der Waals surface area contributed by atoms with Crippen LogP contribution in [0.5, 0.6) is 11.5 Å². The Morgan fingerprint density at radius 2 is 2.21 bits per heavy atom. The Balaban J connectivity index is 1.59. The summed E-state index contributed by atoms with van der Waals surface area (Å²) in [4.78, 5) is 29.2. The van der Waals surface area contributed by atoms with Gasteiger partial charge in [0, 0.05) is 30.9 Å². The molecule has 0 radical (unpaired) electrons. The topological polar surface area (TPSA) is 91.8 Å². The van der Waals surface area contributed by atoms with Crippen molar-refractivity contribution >= 4 is 23.3 Å². The second kappa shape index (κ2) is 6.99. The molecule has 124 valence electrons. The van der Waals surface area contributed by atoms with Crippen LogP contribution in [0, 0.1) is 0 Å².